The van der Waals surface area contributed by atoms with Crippen LogP contribution in [0.2, 0.25) is 0 Å². The van der Waals surface area contributed by atoms with Crippen molar-refractivity contribution in [2.45, 2.75) is 19.8 Å². The van der Waals surface area contributed by atoms with E-state index in [9.17, 15) is 9.18 Å². The molecule has 1 aromatic rings. The molecule has 0 aromatic heterocycles. The zero-order chi connectivity index (χ0) is 13.9. The fraction of sp³-hybridized carbons (Fsp3) is 0.500. The second kappa shape index (κ2) is 5.57. The van der Waals surface area contributed by atoms with Gasteiger partial charge in [0, 0.05) is 19.8 Å². The van der Waals surface area contributed by atoms with Crippen LogP contribution in [0.3, 0.4) is 0 Å². The first-order valence-corrected chi connectivity index (χ1v) is 6.35. The summed E-state index contributed by atoms with van der Waals surface area (Å²) in [6, 6.07) is 4.26. The number of carboxylic acid groups (broad SMARTS) is 1. The molecule has 0 aliphatic carbocycles. The maximum absolute atomic E-state index is 13.5. The molecule has 1 saturated heterocycles. The Morgan fingerprint density at radius 1 is 1.47 bits per heavy atom. The SMILES string of the molecule is CC1(CNc2cccc(F)c2C(=O)O)CCOCC1. The molecule has 5 heteroatoms. The number of hydrogen-bond donors (Lipinski definition) is 2. The molecule has 104 valence electrons. The van der Waals surface area contributed by atoms with Crippen LogP contribution in [0.1, 0.15) is 30.1 Å². The lowest BCUT2D eigenvalue weighted by molar-refractivity contribution is 0.0299. The van der Waals surface area contributed by atoms with Gasteiger partial charge in [0.2, 0.25) is 0 Å². The predicted octanol–water partition coefficient (Wildman–Crippen LogP) is 2.75. The summed E-state index contributed by atoms with van der Waals surface area (Å²) in [6.45, 7) is 4.17. The summed E-state index contributed by atoms with van der Waals surface area (Å²) in [7, 11) is 0. The highest BCUT2D eigenvalue weighted by molar-refractivity contribution is 5.94. The Morgan fingerprint density at radius 3 is 2.79 bits per heavy atom. The van der Waals surface area contributed by atoms with E-state index >= 15 is 0 Å². The van der Waals surface area contributed by atoms with Crippen LogP contribution in [0, 0.1) is 11.2 Å². The van der Waals surface area contributed by atoms with E-state index in [1.165, 1.54) is 6.07 Å². The lowest BCUT2D eigenvalue weighted by Gasteiger charge is -2.34. The molecular weight excluding hydrogens is 249 g/mol. The molecule has 1 aromatic carbocycles. The number of ether oxygens (including phenoxy) is 1. The number of aromatic carboxylic acids is 1. The summed E-state index contributed by atoms with van der Waals surface area (Å²) in [6.07, 6.45) is 1.83. The van der Waals surface area contributed by atoms with E-state index in [0.717, 1.165) is 18.9 Å². The quantitative estimate of drug-likeness (QED) is 0.880. The molecule has 0 bridgehead atoms. The van der Waals surface area contributed by atoms with Crippen molar-refractivity contribution in [3.05, 3.63) is 29.6 Å². The van der Waals surface area contributed by atoms with Crippen LogP contribution in [0.15, 0.2) is 18.2 Å². The summed E-state index contributed by atoms with van der Waals surface area (Å²) in [5.74, 6) is -1.97. The Kier molecular flexibility index (Phi) is 4.04. The predicted molar refractivity (Wildman–Crippen MR) is 70.0 cm³/mol. The van der Waals surface area contributed by atoms with Crippen molar-refractivity contribution >= 4 is 11.7 Å². The number of carboxylic acids is 1. The zero-order valence-electron chi connectivity index (χ0n) is 10.9. The van der Waals surface area contributed by atoms with Crippen LogP contribution < -0.4 is 5.32 Å². The topological polar surface area (TPSA) is 58.6 Å². The maximum atomic E-state index is 13.5. The van der Waals surface area contributed by atoms with Crippen molar-refractivity contribution in [2.75, 3.05) is 25.1 Å². The third kappa shape index (κ3) is 3.23. The minimum Gasteiger partial charge on any atom is -0.478 e. The van der Waals surface area contributed by atoms with E-state index in [1.807, 2.05) is 0 Å². The van der Waals surface area contributed by atoms with Crippen molar-refractivity contribution in [3.8, 4) is 0 Å². The Bertz CT molecular complexity index is 470. The molecule has 0 radical (unpaired) electrons. The van der Waals surface area contributed by atoms with Gasteiger partial charge in [0.05, 0.1) is 5.69 Å². The number of hydrogen-bond acceptors (Lipinski definition) is 3. The lowest BCUT2D eigenvalue weighted by Crippen LogP contribution is -2.33. The van der Waals surface area contributed by atoms with E-state index in [1.54, 1.807) is 6.07 Å². The zero-order valence-corrected chi connectivity index (χ0v) is 10.9. The molecule has 0 saturated carbocycles. The number of rotatable bonds is 4. The average molecular weight is 267 g/mol. The van der Waals surface area contributed by atoms with Crippen molar-refractivity contribution in [2.24, 2.45) is 5.41 Å². The molecule has 1 aliphatic heterocycles. The molecule has 1 aliphatic rings. The fourth-order valence-corrected chi connectivity index (χ4v) is 2.24. The Hall–Kier alpha value is -1.62. The maximum Gasteiger partial charge on any atom is 0.340 e. The number of anilines is 1. The number of nitrogens with one attached hydrogen (secondary N) is 1. The van der Waals surface area contributed by atoms with Crippen LogP contribution >= 0.6 is 0 Å². The summed E-state index contributed by atoms with van der Waals surface area (Å²) >= 11 is 0. The van der Waals surface area contributed by atoms with Gasteiger partial charge in [-0.05, 0) is 30.4 Å². The van der Waals surface area contributed by atoms with Crippen LogP contribution in [-0.2, 0) is 4.74 Å². The van der Waals surface area contributed by atoms with Gasteiger partial charge >= 0.3 is 5.97 Å². The standard InChI is InChI=1S/C14H18FNO3/c1-14(5-7-19-8-6-14)9-16-11-4-2-3-10(15)12(11)13(17)18/h2-4,16H,5-9H2,1H3,(H,17,18). The van der Waals surface area contributed by atoms with E-state index in [-0.39, 0.29) is 11.0 Å². The fourth-order valence-electron chi connectivity index (χ4n) is 2.24. The molecule has 0 unspecified atom stereocenters. The van der Waals surface area contributed by atoms with E-state index in [2.05, 4.69) is 12.2 Å². The summed E-state index contributed by atoms with van der Waals surface area (Å²) in [5.41, 5.74) is 0.0961. The molecular formula is C14H18FNO3. The van der Waals surface area contributed by atoms with Crippen LogP contribution in [0.4, 0.5) is 10.1 Å². The van der Waals surface area contributed by atoms with Gasteiger partial charge < -0.3 is 15.2 Å². The lowest BCUT2D eigenvalue weighted by atomic mass is 9.82. The first-order valence-electron chi connectivity index (χ1n) is 6.35. The Labute approximate surface area is 111 Å². The van der Waals surface area contributed by atoms with E-state index in [4.69, 9.17) is 9.84 Å². The molecule has 1 fully saturated rings. The third-order valence-electron chi connectivity index (χ3n) is 3.63. The smallest absolute Gasteiger partial charge is 0.340 e. The molecule has 2 N–H and O–H groups in total. The number of benzene rings is 1. The van der Waals surface area contributed by atoms with Crippen LogP contribution in [-0.4, -0.2) is 30.8 Å². The van der Waals surface area contributed by atoms with Gasteiger partial charge in [0.15, 0.2) is 0 Å². The minimum atomic E-state index is -1.25. The molecule has 4 nitrogen and oxygen atoms in total. The van der Waals surface area contributed by atoms with Gasteiger partial charge in [-0.15, -0.1) is 0 Å². The van der Waals surface area contributed by atoms with Crippen LogP contribution in [0.5, 0.6) is 0 Å². The van der Waals surface area contributed by atoms with Gasteiger partial charge in [0.25, 0.3) is 0 Å². The van der Waals surface area contributed by atoms with Crippen molar-refractivity contribution in [1.82, 2.24) is 0 Å². The van der Waals surface area contributed by atoms with E-state index in [0.29, 0.717) is 25.4 Å². The summed E-state index contributed by atoms with van der Waals surface area (Å²) in [4.78, 5) is 11.1. The first kappa shape index (κ1) is 13.8. The van der Waals surface area contributed by atoms with Crippen molar-refractivity contribution < 1.29 is 19.0 Å². The van der Waals surface area contributed by atoms with Crippen LogP contribution in [0.25, 0.3) is 0 Å². The highest BCUT2D eigenvalue weighted by atomic mass is 19.1. The largest absolute Gasteiger partial charge is 0.478 e. The van der Waals surface area contributed by atoms with Gasteiger partial charge in [-0.25, -0.2) is 9.18 Å². The molecule has 0 amide bonds. The molecule has 0 atom stereocenters. The molecule has 2 rings (SSSR count). The van der Waals surface area contributed by atoms with Crippen molar-refractivity contribution in [3.63, 3.8) is 0 Å². The second-order valence-electron chi connectivity index (χ2n) is 5.24. The van der Waals surface area contributed by atoms with Gasteiger partial charge in [-0.3, -0.25) is 0 Å². The monoisotopic (exact) mass is 267 g/mol. The van der Waals surface area contributed by atoms with Gasteiger partial charge in [0.1, 0.15) is 11.4 Å². The summed E-state index contributed by atoms with van der Waals surface area (Å²) in [5, 5.41) is 12.1. The third-order valence-corrected chi connectivity index (χ3v) is 3.63. The Balaban J connectivity index is 2.11. The minimum absolute atomic E-state index is 0.0559. The highest BCUT2D eigenvalue weighted by Gasteiger charge is 2.27. The average Bonchev–Trinajstić information content (AvgIpc) is 2.37. The normalized spacial score (nSPS) is 18.0. The van der Waals surface area contributed by atoms with Gasteiger partial charge in [-0.2, -0.15) is 0 Å². The van der Waals surface area contributed by atoms with E-state index < -0.39 is 11.8 Å². The van der Waals surface area contributed by atoms with Crippen molar-refractivity contribution in [1.29, 1.82) is 0 Å². The summed E-state index contributed by atoms with van der Waals surface area (Å²) < 4.78 is 18.8. The second-order valence-corrected chi connectivity index (χ2v) is 5.24. The number of halogens is 1. The molecule has 19 heavy (non-hydrogen) atoms. The number of carbonyl (C=O) groups is 1. The molecule has 0 spiro atoms. The Morgan fingerprint density at radius 2 is 2.16 bits per heavy atom. The molecule has 1 heterocycles. The first-order chi connectivity index (χ1) is 9.02. The van der Waals surface area contributed by atoms with Gasteiger partial charge in [-0.1, -0.05) is 13.0 Å². The highest BCUT2D eigenvalue weighted by Crippen LogP contribution is 2.30.